The average molecular weight is 381 g/mol. The molecule has 0 aliphatic carbocycles. The van der Waals surface area contributed by atoms with Crippen LogP contribution in [0.15, 0.2) is 24.5 Å². The normalized spacial score (nSPS) is 20.0. The zero-order chi connectivity index (χ0) is 20.3. The highest BCUT2D eigenvalue weighted by Gasteiger charge is 2.28. The summed E-state index contributed by atoms with van der Waals surface area (Å²) in [6.45, 7) is 9.57. The van der Waals surface area contributed by atoms with Gasteiger partial charge in [0.25, 0.3) is 0 Å². The van der Waals surface area contributed by atoms with E-state index in [0.29, 0.717) is 23.5 Å². The van der Waals surface area contributed by atoms with Crippen LogP contribution in [0.4, 0.5) is 5.69 Å². The van der Waals surface area contributed by atoms with E-state index < -0.39 is 0 Å². The fraction of sp³-hybridized carbons (Fsp3) is 0.524. The van der Waals surface area contributed by atoms with Gasteiger partial charge in [-0.2, -0.15) is 5.26 Å². The third-order valence-corrected chi connectivity index (χ3v) is 4.73. The van der Waals surface area contributed by atoms with Crippen LogP contribution in [0.3, 0.4) is 0 Å². The second-order valence-electron chi connectivity index (χ2n) is 8.41. The van der Waals surface area contributed by atoms with Gasteiger partial charge in [-0.3, -0.25) is 14.8 Å². The number of aromatic nitrogens is 2. The van der Waals surface area contributed by atoms with Gasteiger partial charge in [0.05, 0.1) is 16.9 Å². The van der Waals surface area contributed by atoms with Crippen molar-refractivity contribution in [3.8, 4) is 6.07 Å². The Morgan fingerprint density at radius 1 is 1.29 bits per heavy atom. The van der Waals surface area contributed by atoms with Crippen LogP contribution < -0.4 is 10.2 Å². The molecule has 28 heavy (non-hydrogen) atoms. The van der Waals surface area contributed by atoms with Gasteiger partial charge in [0, 0.05) is 31.5 Å². The predicted molar refractivity (Wildman–Crippen MR) is 108 cm³/mol. The second kappa shape index (κ2) is 8.11. The summed E-state index contributed by atoms with van der Waals surface area (Å²) in [4.78, 5) is 23.3. The molecule has 7 nitrogen and oxygen atoms in total. The number of nitrogens with zero attached hydrogens (tertiary/aromatic N) is 4. The fourth-order valence-corrected chi connectivity index (χ4v) is 3.59. The van der Waals surface area contributed by atoms with Crippen molar-refractivity contribution in [2.24, 2.45) is 5.92 Å². The Bertz CT molecular complexity index is 900. The topological polar surface area (TPSA) is 91.1 Å². The number of rotatable bonds is 4. The van der Waals surface area contributed by atoms with E-state index in [0.717, 1.165) is 24.2 Å². The number of ether oxygens (including phenoxy) is 1. The molecule has 1 fully saturated rings. The first kappa shape index (κ1) is 20.0. The summed E-state index contributed by atoms with van der Waals surface area (Å²) in [5.74, 6) is 0.309. The van der Waals surface area contributed by atoms with E-state index in [2.05, 4.69) is 33.2 Å². The summed E-state index contributed by atoms with van der Waals surface area (Å²) in [6, 6.07) is 5.92. The van der Waals surface area contributed by atoms with Crippen LogP contribution >= 0.6 is 0 Å². The fourth-order valence-electron chi connectivity index (χ4n) is 3.59. The largest absolute Gasteiger partial charge is 0.367 e. The Morgan fingerprint density at radius 2 is 2.00 bits per heavy atom. The summed E-state index contributed by atoms with van der Waals surface area (Å²) in [7, 11) is 0. The highest BCUT2D eigenvalue weighted by molar-refractivity contribution is 5.92. The number of hydrogen-bond donors (Lipinski definition) is 1. The molecular weight excluding hydrogens is 354 g/mol. The number of nitriles is 1. The molecule has 0 saturated carbocycles. The predicted octanol–water partition coefficient (Wildman–Crippen LogP) is 2.65. The minimum Gasteiger partial charge on any atom is -0.367 e. The summed E-state index contributed by atoms with van der Waals surface area (Å²) >= 11 is 0. The van der Waals surface area contributed by atoms with Crippen molar-refractivity contribution in [2.75, 3.05) is 24.6 Å². The molecule has 1 amide bonds. The smallest absolute Gasteiger partial charge is 0.246 e. The lowest BCUT2D eigenvalue weighted by Crippen LogP contribution is -2.51. The average Bonchev–Trinajstić information content (AvgIpc) is 2.64. The first-order valence-corrected chi connectivity index (χ1v) is 9.59. The van der Waals surface area contributed by atoms with Crippen molar-refractivity contribution in [3.63, 3.8) is 0 Å². The summed E-state index contributed by atoms with van der Waals surface area (Å²) in [5, 5.41) is 12.4. The van der Waals surface area contributed by atoms with E-state index in [1.165, 1.54) is 0 Å². The molecule has 1 N–H and O–H groups in total. The van der Waals surface area contributed by atoms with Crippen molar-refractivity contribution in [3.05, 3.63) is 30.1 Å². The summed E-state index contributed by atoms with van der Waals surface area (Å²) in [5.41, 5.74) is 2.44. The van der Waals surface area contributed by atoms with Crippen LogP contribution in [0.2, 0.25) is 0 Å². The maximum Gasteiger partial charge on any atom is 0.246 e. The third kappa shape index (κ3) is 4.76. The van der Waals surface area contributed by atoms with Crippen molar-refractivity contribution < 1.29 is 9.53 Å². The first-order valence-electron chi connectivity index (χ1n) is 9.59. The molecule has 2 atom stereocenters. The minimum absolute atomic E-state index is 0.0298. The van der Waals surface area contributed by atoms with Gasteiger partial charge in [-0.05, 0) is 45.2 Å². The number of carbonyl (C=O) groups is 1. The SMILES string of the molecule is C[C@H]1C[C@@H](NC(=O)COC(C)(C)C)CN(c2ccc(C#N)c3nccnc23)C1. The Morgan fingerprint density at radius 3 is 2.68 bits per heavy atom. The van der Waals surface area contributed by atoms with Gasteiger partial charge in [0.2, 0.25) is 5.91 Å². The maximum absolute atomic E-state index is 12.3. The number of piperidine rings is 1. The summed E-state index contributed by atoms with van der Waals surface area (Å²) in [6.07, 6.45) is 4.16. The van der Waals surface area contributed by atoms with Crippen LogP contribution in [-0.2, 0) is 9.53 Å². The Kier molecular flexibility index (Phi) is 5.80. The quantitative estimate of drug-likeness (QED) is 0.875. The van der Waals surface area contributed by atoms with Crippen LogP contribution in [0.1, 0.15) is 39.7 Å². The molecule has 3 rings (SSSR count). The monoisotopic (exact) mass is 381 g/mol. The number of carbonyl (C=O) groups excluding carboxylic acids is 1. The van der Waals surface area contributed by atoms with Gasteiger partial charge in [0.15, 0.2) is 0 Å². The molecule has 0 spiro atoms. The van der Waals surface area contributed by atoms with Gasteiger partial charge < -0.3 is 15.0 Å². The highest BCUT2D eigenvalue weighted by Crippen LogP contribution is 2.30. The lowest BCUT2D eigenvalue weighted by Gasteiger charge is -2.38. The third-order valence-electron chi connectivity index (χ3n) is 4.73. The Balaban J connectivity index is 1.78. The number of anilines is 1. The Hall–Kier alpha value is -2.72. The molecule has 0 radical (unpaired) electrons. The number of hydrogen-bond acceptors (Lipinski definition) is 6. The van der Waals surface area contributed by atoms with Crippen LogP contribution in [0, 0.1) is 17.2 Å². The lowest BCUT2D eigenvalue weighted by atomic mass is 9.95. The molecule has 0 bridgehead atoms. The van der Waals surface area contributed by atoms with E-state index in [-0.39, 0.29) is 24.2 Å². The van der Waals surface area contributed by atoms with Crippen molar-refractivity contribution in [2.45, 2.75) is 45.8 Å². The number of amides is 1. The Labute approximate surface area is 165 Å². The van der Waals surface area contributed by atoms with Gasteiger partial charge in [0.1, 0.15) is 23.7 Å². The van der Waals surface area contributed by atoms with Crippen LogP contribution in [0.25, 0.3) is 11.0 Å². The van der Waals surface area contributed by atoms with E-state index in [1.54, 1.807) is 18.5 Å². The van der Waals surface area contributed by atoms with Gasteiger partial charge >= 0.3 is 0 Å². The van der Waals surface area contributed by atoms with E-state index in [9.17, 15) is 10.1 Å². The van der Waals surface area contributed by atoms with Gasteiger partial charge in [-0.25, -0.2) is 0 Å². The standard InChI is InChI=1S/C21H27N5O2/c1-14-9-16(25-18(27)13-28-21(2,3)4)12-26(11-14)17-6-5-15(10-22)19-20(17)24-8-7-23-19/h5-8,14,16H,9,11-13H2,1-4H3,(H,25,27)/t14-,16+/m0/s1. The van der Waals surface area contributed by atoms with Crippen molar-refractivity contribution in [1.82, 2.24) is 15.3 Å². The van der Waals surface area contributed by atoms with E-state index in [1.807, 2.05) is 26.8 Å². The van der Waals surface area contributed by atoms with Crippen molar-refractivity contribution in [1.29, 1.82) is 5.26 Å². The molecule has 0 unspecified atom stereocenters. The number of fused-ring (bicyclic) bond motifs is 1. The summed E-state index contributed by atoms with van der Waals surface area (Å²) < 4.78 is 5.58. The van der Waals surface area contributed by atoms with Crippen molar-refractivity contribution >= 4 is 22.6 Å². The number of nitrogens with one attached hydrogen (secondary N) is 1. The molecule has 1 aliphatic heterocycles. The second-order valence-corrected chi connectivity index (χ2v) is 8.41. The van der Waals surface area contributed by atoms with Crippen LogP contribution in [0.5, 0.6) is 0 Å². The minimum atomic E-state index is -0.344. The molecule has 1 saturated heterocycles. The molecule has 7 heteroatoms. The molecule has 1 aromatic carbocycles. The zero-order valence-electron chi connectivity index (χ0n) is 16.9. The maximum atomic E-state index is 12.3. The molecule has 2 heterocycles. The highest BCUT2D eigenvalue weighted by atomic mass is 16.5. The number of benzene rings is 1. The van der Waals surface area contributed by atoms with Gasteiger partial charge in [-0.15, -0.1) is 0 Å². The molecule has 1 aromatic heterocycles. The first-order chi connectivity index (χ1) is 13.3. The van der Waals surface area contributed by atoms with E-state index in [4.69, 9.17) is 4.74 Å². The lowest BCUT2D eigenvalue weighted by molar-refractivity contribution is -0.131. The van der Waals surface area contributed by atoms with Crippen LogP contribution in [-0.4, -0.2) is 47.2 Å². The van der Waals surface area contributed by atoms with Gasteiger partial charge in [-0.1, -0.05) is 6.92 Å². The zero-order valence-corrected chi connectivity index (χ0v) is 16.9. The molecule has 2 aromatic rings. The molecule has 148 valence electrons. The molecule has 1 aliphatic rings. The molecular formula is C21H27N5O2. The van der Waals surface area contributed by atoms with E-state index >= 15 is 0 Å².